The lowest BCUT2D eigenvalue weighted by Gasteiger charge is -2.28. The zero-order valence-corrected chi connectivity index (χ0v) is 26.5. The highest BCUT2D eigenvalue weighted by Gasteiger charge is 2.46. The van der Waals surface area contributed by atoms with Crippen LogP contribution in [0.1, 0.15) is 61.9 Å². The third-order valence-electron chi connectivity index (χ3n) is 7.97. The van der Waals surface area contributed by atoms with Crippen LogP contribution in [0.25, 0.3) is 5.76 Å². The Bertz CT molecular complexity index is 1460. The summed E-state index contributed by atoms with van der Waals surface area (Å²) in [7, 11) is 1.56. The highest BCUT2D eigenvalue weighted by Crippen LogP contribution is 2.42. The number of methoxy groups -OCH3 is 1. The van der Waals surface area contributed by atoms with Crippen LogP contribution in [0.4, 0.5) is 0 Å². The molecule has 3 aromatic rings. The van der Waals surface area contributed by atoms with Gasteiger partial charge >= 0.3 is 0 Å². The van der Waals surface area contributed by atoms with Gasteiger partial charge < -0.3 is 29.1 Å². The van der Waals surface area contributed by atoms with E-state index < -0.39 is 17.7 Å². The summed E-state index contributed by atoms with van der Waals surface area (Å²) in [6, 6.07) is 19.6. The quantitative estimate of drug-likeness (QED) is 0.0919. The molecule has 1 fully saturated rings. The van der Waals surface area contributed by atoms with Crippen molar-refractivity contribution in [2.75, 3.05) is 39.9 Å². The molecular formula is C36H44N2O6. The molecule has 0 saturated carbocycles. The Balaban J connectivity index is 1.68. The van der Waals surface area contributed by atoms with E-state index in [1.165, 1.54) is 0 Å². The Morgan fingerprint density at radius 1 is 0.932 bits per heavy atom. The SMILES string of the molecule is CCCCOc1ccc(C2/C(=C(\O)c3ccc(OCc4cccc(C)c4)cc3)C(=O)C(=O)N2CCN(CC)CC)cc1OC. The number of hydrogen-bond acceptors (Lipinski definition) is 7. The lowest BCUT2D eigenvalue weighted by molar-refractivity contribution is -0.140. The molecule has 1 aliphatic rings. The topological polar surface area (TPSA) is 88.5 Å². The first-order chi connectivity index (χ1) is 21.3. The molecule has 0 aliphatic carbocycles. The molecule has 0 aromatic heterocycles. The molecule has 1 aliphatic heterocycles. The molecule has 8 heteroatoms. The fourth-order valence-electron chi connectivity index (χ4n) is 5.38. The normalized spacial score (nSPS) is 16.0. The van der Waals surface area contributed by atoms with E-state index in [2.05, 4.69) is 31.7 Å². The number of aliphatic hydroxyl groups is 1. The number of ether oxygens (including phenoxy) is 3. The molecule has 0 spiro atoms. The summed E-state index contributed by atoms with van der Waals surface area (Å²) < 4.78 is 17.5. The third kappa shape index (κ3) is 7.61. The smallest absolute Gasteiger partial charge is 0.295 e. The van der Waals surface area contributed by atoms with Crippen molar-refractivity contribution in [2.24, 2.45) is 0 Å². The number of rotatable bonds is 15. The second-order valence-electron chi connectivity index (χ2n) is 10.9. The second-order valence-corrected chi connectivity index (χ2v) is 10.9. The number of unbranched alkanes of at least 4 members (excludes halogenated alkanes) is 1. The Kier molecular flexibility index (Phi) is 11.4. The summed E-state index contributed by atoms with van der Waals surface area (Å²) >= 11 is 0. The maximum absolute atomic E-state index is 13.5. The van der Waals surface area contributed by atoms with Gasteiger partial charge in [-0.25, -0.2) is 0 Å². The molecule has 4 rings (SSSR count). The van der Waals surface area contributed by atoms with Gasteiger partial charge in [0.15, 0.2) is 11.5 Å². The van der Waals surface area contributed by atoms with Gasteiger partial charge in [0.25, 0.3) is 11.7 Å². The van der Waals surface area contributed by atoms with Gasteiger partial charge in [-0.1, -0.05) is 63.1 Å². The summed E-state index contributed by atoms with van der Waals surface area (Å²) in [4.78, 5) is 30.7. The molecule has 234 valence electrons. The van der Waals surface area contributed by atoms with Crippen LogP contribution < -0.4 is 14.2 Å². The van der Waals surface area contributed by atoms with Crippen LogP contribution >= 0.6 is 0 Å². The van der Waals surface area contributed by atoms with Gasteiger partial charge in [0.2, 0.25) is 0 Å². The first kappa shape index (κ1) is 32.6. The Morgan fingerprint density at radius 2 is 1.68 bits per heavy atom. The molecule has 8 nitrogen and oxygen atoms in total. The summed E-state index contributed by atoms with van der Waals surface area (Å²) in [5.74, 6) is 0.140. The molecule has 1 N–H and O–H groups in total. The molecule has 3 aromatic carbocycles. The Hall–Kier alpha value is -4.30. The van der Waals surface area contributed by atoms with E-state index in [4.69, 9.17) is 14.2 Å². The predicted octanol–water partition coefficient (Wildman–Crippen LogP) is 6.53. The number of carbonyl (C=O) groups is 2. The number of hydrogen-bond donors (Lipinski definition) is 1. The maximum Gasteiger partial charge on any atom is 0.295 e. The van der Waals surface area contributed by atoms with Crippen molar-refractivity contribution in [2.45, 2.75) is 53.2 Å². The lowest BCUT2D eigenvalue weighted by Crippen LogP contribution is -2.38. The first-order valence-corrected chi connectivity index (χ1v) is 15.4. The van der Waals surface area contributed by atoms with Gasteiger partial charge in [-0.2, -0.15) is 0 Å². The number of carbonyl (C=O) groups excluding carboxylic acids is 2. The minimum absolute atomic E-state index is 0.0460. The lowest BCUT2D eigenvalue weighted by atomic mass is 9.95. The number of aryl methyl sites for hydroxylation is 1. The molecule has 1 saturated heterocycles. The fraction of sp³-hybridized carbons (Fsp3) is 0.389. The van der Waals surface area contributed by atoms with Gasteiger partial charge in [0.1, 0.15) is 18.1 Å². The summed E-state index contributed by atoms with van der Waals surface area (Å²) in [6.07, 6.45) is 1.91. The van der Waals surface area contributed by atoms with E-state index in [9.17, 15) is 14.7 Å². The molecular weight excluding hydrogens is 556 g/mol. The number of benzene rings is 3. The number of nitrogens with zero attached hydrogens (tertiary/aromatic N) is 2. The number of aliphatic hydroxyl groups excluding tert-OH is 1. The summed E-state index contributed by atoms with van der Waals surface area (Å²) in [5.41, 5.74) is 3.34. The average molecular weight is 601 g/mol. The number of amides is 1. The highest BCUT2D eigenvalue weighted by atomic mass is 16.5. The largest absolute Gasteiger partial charge is 0.507 e. The van der Waals surface area contributed by atoms with Crippen molar-refractivity contribution in [3.63, 3.8) is 0 Å². The van der Waals surface area contributed by atoms with Gasteiger partial charge in [0, 0.05) is 18.7 Å². The van der Waals surface area contributed by atoms with Crippen molar-refractivity contribution in [3.05, 3.63) is 94.6 Å². The van der Waals surface area contributed by atoms with E-state index in [1.54, 1.807) is 48.4 Å². The number of likely N-dealkylation sites (tertiary alicyclic amines) is 1. The van der Waals surface area contributed by atoms with E-state index in [-0.39, 0.29) is 11.3 Å². The van der Waals surface area contributed by atoms with Crippen LogP contribution in [-0.2, 0) is 16.2 Å². The zero-order valence-electron chi connectivity index (χ0n) is 26.5. The first-order valence-electron chi connectivity index (χ1n) is 15.4. The van der Waals surface area contributed by atoms with Crippen molar-refractivity contribution >= 4 is 17.4 Å². The van der Waals surface area contributed by atoms with E-state index in [0.717, 1.165) is 37.1 Å². The molecule has 1 amide bonds. The molecule has 44 heavy (non-hydrogen) atoms. The van der Waals surface area contributed by atoms with Crippen LogP contribution in [0.5, 0.6) is 17.2 Å². The molecule has 0 bridgehead atoms. The minimum atomic E-state index is -0.790. The Morgan fingerprint density at radius 3 is 2.34 bits per heavy atom. The minimum Gasteiger partial charge on any atom is -0.507 e. The summed E-state index contributed by atoms with van der Waals surface area (Å²) in [5, 5.41) is 11.6. The van der Waals surface area contributed by atoms with Gasteiger partial charge in [-0.15, -0.1) is 0 Å². The molecule has 1 heterocycles. The van der Waals surface area contributed by atoms with Crippen molar-refractivity contribution < 1.29 is 28.9 Å². The number of Topliss-reactive ketones (excluding diaryl/α,β-unsaturated/α-hetero) is 1. The maximum atomic E-state index is 13.5. The van der Waals surface area contributed by atoms with E-state index in [0.29, 0.717) is 54.7 Å². The number of ketones is 1. The van der Waals surface area contributed by atoms with Crippen LogP contribution in [0.3, 0.4) is 0 Å². The van der Waals surface area contributed by atoms with Crippen molar-refractivity contribution in [1.29, 1.82) is 0 Å². The third-order valence-corrected chi connectivity index (χ3v) is 7.97. The van der Waals surface area contributed by atoms with Crippen LogP contribution in [-0.4, -0.2) is 66.5 Å². The van der Waals surface area contributed by atoms with Crippen molar-refractivity contribution in [3.8, 4) is 17.2 Å². The van der Waals surface area contributed by atoms with E-state index in [1.807, 2.05) is 31.2 Å². The Labute approximate surface area is 260 Å². The summed E-state index contributed by atoms with van der Waals surface area (Å²) in [6.45, 7) is 11.8. The highest BCUT2D eigenvalue weighted by molar-refractivity contribution is 6.46. The monoisotopic (exact) mass is 600 g/mol. The van der Waals surface area contributed by atoms with Crippen LogP contribution in [0.15, 0.2) is 72.3 Å². The van der Waals surface area contributed by atoms with Crippen molar-refractivity contribution in [1.82, 2.24) is 9.80 Å². The predicted molar refractivity (Wildman–Crippen MR) is 172 cm³/mol. The van der Waals surface area contributed by atoms with Crippen LogP contribution in [0.2, 0.25) is 0 Å². The number of likely N-dealkylation sites (N-methyl/N-ethyl adjacent to an activating group) is 1. The van der Waals surface area contributed by atoms with Gasteiger partial charge in [-0.05, 0) is 74.0 Å². The second kappa shape index (κ2) is 15.4. The zero-order chi connectivity index (χ0) is 31.6. The molecule has 1 atom stereocenters. The fourth-order valence-corrected chi connectivity index (χ4v) is 5.38. The van der Waals surface area contributed by atoms with Gasteiger partial charge in [-0.3, -0.25) is 9.59 Å². The molecule has 0 radical (unpaired) electrons. The van der Waals surface area contributed by atoms with Gasteiger partial charge in [0.05, 0.1) is 25.3 Å². The molecule has 1 unspecified atom stereocenters. The standard InChI is InChI=1S/C36H44N2O6/c1-6-9-21-43-30-18-15-28(23-31(30)42-5)33-32(35(40)36(41)38(33)20-19-37(7-2)8-3)34(39)27-13-16-29(17-14-27)44-24-26-12-10-11-25(4)22-26/h10-18,22-23,33,39H,6-9,19-21,24H2,1-5H3/b34-32+. The van der Waals surface area contributed by atoms with Crippen LogP contribution in [0, 0.1) is 6.92 Å². The average Bonchev–Trinajstić information content (AvgIpc) is 3.29. The van der Waals surface area contributed by atoms with E-state index >= 15 is 0 Å².